The normalized spacial score (nSPS) is 19.6. The van der Waals surface area contributed by atoms with Crippen molar-refractivity contribution in [3.63, 3.8) is 0 Å². The van der Waals surface area contributed by atoms with Crippen molar-refractivity contribution in [1.82, 2.24) is 10.3 Å². The van der Waals surface area contributed by atoms with Crippen LogP contribution in [0.3, 0.4) is 0 Å². The van der Waals surface area contributed by atoms with Crippen molar-refractivity contribution in [3.05, 3.63) is 54.1 Å². The SMILES string of the molecule is CCOc1ccc2nc(N3CC(C(=O)NC4(Cc5ccccc5)CC4)CC3=O)sc2c1. The molecule has 1 N–H and O–H groups in total. The summed E-state index contributed by atoms with van der Waals surface area (Å²) in [5, 5.41) is 3.89. The van der Waals surface area contributed by atoms with E-state index in [0.717, 1.165) is 35.2 Å². The second-order valence-corrected chi connectivity index (χ2v) is 9.41. The first-order valence-corrected chi connectivity index (χ1v) is 11.6. The highest BCUT2D eigenvalue weighted by molar-refractivity contribution is 7.22. The van der Waals surface area contributed by atoms with E-state index in [1.807, 2.05) is 43.3 Å². The summed E-state index contributed by atoms with van der Waals surface area (Å²) in [6, 6.07) is 16.0. The fourth-order valence-corrected chi connectivity index (χ4v) is 5.20. The molecule has 2 amide bonds. The van der Waals surface area contributed by atoms with Crippen LogP contribution in [0, 0.1) is 5.92 Å². The number of thiazole rings is 1. The quantitative estimate of drug-likeness (QED) is 0.610. The molecular weight excluding hydrogens is 410 g/mol. The highest BCUT2D eigenvalue weighted by atomic mass is 32.1. The third-order valence-corrected chi connectivity index (χ3v) is 7.05. The molecule has 1 saturated carbocycles. The van der Waals surface area contributed by atoms with Crippen molar-refractivity contribution in [3.8, 4) is 5.75 Å². The molecule has 2 aromatic carbocycles. The molecule has 2 fully saturated rings. The summed E-state index contributed by atoms with van der Waals surface area (Å²) in [6.07, 6.45) is 3.04. The molecule has 0 spiro atoms. The molecule has 1 aromatic heterocycles. The average molecular weight is 436 g/mol. The van der Waals surface area contributed by atoms with Gasteiger partial charge in [-0.1, -0.05) is 41.7 Å². The summed E-state index contributed by atoms with van der Waals surface area (Å²) in [5.41, 5.74) is 1.91. The highest BCUT2D eigenvalue weighted by Crippen LogP contribution is 2.40. The molecule has 31 heavy (non-hydrogen) atoms. The number of rotatable bonds is 7. The van der Waals surface area contributed by atoms with Crippen molar-refractivity contribution in [2.24, 2.45) is 5.92 Å². The summed E-state index contributed by atoms with van der Waals surface area (Å²) in [4.78, 5) is 32.0. The maximum absolute atomic E-state index is 13.0. The lowest BCUT2D eigenvalue weighted by atomic mass is 10.0. The molecule has 3 aromatic rings. The van der Waals surface area contributed by atoms with E-state index in [4.69, 9.17) is 4.74 Å². The molecule has 5 rings (SSSR count). The first-order valence-electron chi connectivity index (χ1n) is 10.7. The van der Waals surface area contributed by atoms with Crippen LogP contribution in [-0.2, 0) is 16.0 Å². The van der Waals surface area contributed by atoms with E-state index in [9.17, 15) is 9.59 Å². The van der Waals surface area contributed by atoms with Crippen LogP contribution < -0.4 is 15.0 Å². The third-order valence-electron chi connectivity index (χ3n) is 6.01. The molecule has 160 valence electrons. The molecule has 1 unspecified atom stereocenters. The second kappa shape index (κ2) is 7.96. The number of amides is 2. The lowest BCUT2D eigenvalue weighted by molar-refractivity contribution is -0.127. The van der Waals surface area contributed by atoms with Gasteiger partial charge in [0.15, 0.2) is 5.13 Å². The Hall–Kier alpha value is -2.93. The number of aromatic nitrogens is 1. The largest absolute Gasteiger partial charge is 0.494 e. The van der Waals surface area contributed by atoms with Crippen LogP contribution >= 0.6 is 11.3 Å². The Morgan fingerprint density at radius 3 is 2.81 bits per heavy atom. The summed E-state index contributed by atoms with van der Waals surface area (Å²) in [5.74, 6) is 0.385. The molecule has 6 nitrogen and oxygen atoms in total. The lowest BCUT2D eigenvalue weighted by Crippen LogP contribution is -2.42. The number of carbonyl (C=O) groups excluding carboxylic acids is 2. The Morgan fingerprint density at radius 2 is 2.06 bits per heavy atom. The van der Waals surface area contributed by atoms with Crippen LogP contribution in [0.25, 0.3) is 10.2 Å². The maximum atomic E-state index is 13.0. The zero-order valence-corrected chi connectivity index (χ0v) is 18.3. The van der Waals surface area contributed by atoms with Crippen LogP contribution in [0.5, 0.6) is 5.75 Å². The Morgan fingerprint density at radius 1 is 1.26 bits per heavy atom. The van der Waals surface area contributed by atoms with Crippen molar-refractivity contribution in [2.45, 2.75) is 38.1 Å². The van der Waals surface area contributed by atoms with Crippen LogP contribution in [0.1, 0.15) is 31.7 Å². The third kappa shape index (κ3) is 4.14. The Bertz CT molecular complexity index is 1120. The molecule has 0 bridgehead atoms. The number of hydrogen-bond donors (Lipinski definition) is 1. The molecule has 1 aliphatic carbocycles. The predicted octanol–water partition coefficient (Wildman–Crippen LogP) is 3.94. The van der Waals surface area contributed by atoms with Gasteiger partial charge in [-0.15, -0.1) is 0 Å². The number of carbonyl (C=O) groups is 2. The summed E-state index contributed by atoms with van der Waals surface area (Å²) in [7, 11) is 0. The Kier molecular flexibility index (Phi) is 5.14. The van der Waals surface area contributed by atoms with Crippen LogP contribution in [0.4, 0.5) is 5.13 Å². The summed E-state index contributed by atoms with van der Waals surface area (Å²) < 4.78 is 6.53. The summed E-state index contributed by atoms with van der Waals surface area (Å²) >= 11 is 1.46. The van der Waals surface area contributed by atoms with Gasteiger partial charge in [-0.25, -0.2) is 4.98 Å². The number of ether oxygens (including phenoxy) is 1. The minimum atomic E-state index is -0.341. The minimum absolute atomic E-state index is 0.0241. The minimum Gasteiger partial charge on any atom is -0.494 e. The Labute approximate surface area is 185 Å². The van der Waals surface area contributed by atoms with E-state index in [1.165, 1.54) is 16.9 Å². The summed E-state index contributed by atoms with van der Waals surface area (Å²) in [6.45, 7) is 2.93. The number of benzene rings is 2. The van der Waals surface area contributed by atoms with Gasteiger partial charge in [0.05, 0.1) is 22.7 Å². The first-order chi connectivity index (χ1) is 15.0. The monoisotopic (exact) mass is 435 g/mol. The number of nitrogens with zero attached hydrogens (tertiary/aromatic N) is 2. The van der Waals surface area contributed by atoms with E-state index < -0.39 is 0 Å². The zero-order valence-electron chi connectivity index (χ0n) is 17.5. The topological polar surface area (TPSA) is 71.5 Å². The van der Waals surface area contributed by atoms with Gasteiger partial charge in [0, 0.05) is 18.5 Å². The van der Waals surface area contributed by atoms with Gasteiger partial charge in [0.1, 0.15) is 5.75 Å². The smallest absolute Gasteiger partial charge is 0.229 e. The zero-order chi connectivity index (χ0) is 21.4. The predicted molar refractivity (Wildman–Crippen MR) is 122 cm³/mol. The molecule has 2 aliphatic rings. The van der Waals surface area contributed by atoms with Crippen LogP contribution in [0.2, 0.25) is 0 Å². The molecule has 7 heteroatoms. The number of nitrogens with one attached hydrogen (secondary N) is 1. The molecule has 0 radical (unpaired) electrons. The van der Waals surface area contributed by atoms with E-state index >= 15 is 0 Å². The second-order valence-electron chi connectivity index (χ2n) is 8.40. The van der Waals surface area contributed by atoms with Crippen molar-refractivity contribution in [2.75, 3.05) is 18.1 Å². The van der Waals surface area contributed by atoms with E-state index in [0.29, 0.717) is 18.3 Å². The number of anilines is 1. The first kappa shape index (κ1) is 20.0. The van der Waals surface area contributed by atoms with Gasteiger partial charge in [-0.05, 0) is 49.9 Å². The highest BCUT2D eigenvalue weighted by Gasteiger charge is 2.46. The van der Waals surface area contributed by atoms with Crippen LogP contribution in [-0.4, -0.2) is 35.5 Å². The molecule has 1 aliphatic heterocycles. The van der Waals surface area contributed by atoms with Gasteiger partial charge in [0.25, 0.3) is 0 Å². The van der Waals surface area contributed by atoms with Gasteiger partial charge in [-0.3, -0.25) is 14.5 Å². The molecular formula is C24H25N3O3S. The average Bonchev–Trinajstić information content (AvgIpc) is 3.19. The van der Waals surface area contributed by atoms with E-state index in [2.05, 4.69) is 22.4 Å². The lowest BCUT2D eigenvalue weighted by Gasteiger charge is -2.20. The fourth-order valence-electron chi connectivity index (χ4n) is 4.18. The maximum Gasteiger partial charge on any atom is 0.229 e. The van der Waals surface area contributed by atoms with Gasteiger partial charge in [-0.2, -0.15) is 0 Å². The number of hydrogen-bond acceptors (Lipinski definition) is 5. The van der Waals surface area contributed by atoms with E-state index in [1.54, 1.807) is 4.90 Å². The fraction of sp³-hybridized carbons (Fsp3) is 0.375. The van der Waals surface area contributed by atoms with Gasteiger partial charge < -0.3 is 10.1 Å². The van der Waals surface area contributed by atoms with E-state index in [-0.39, 0.29) is 29.7 Å². The number of fused-ring (bicyclic) bond motifs is 1. The molecule has 2 heterocycles. The Balaban J connectivity index is 1.26. The van der Waals surface area contributed by atoms with Gasteiger partial charge in [0.2, 0.25) is 11.8 Å². The van der Waals surface area contributed by atoms with Crippen LogP contribution in [0.15, 0.2) is 48.5 Å². The molecule has 1 atom stereocenters. The van der Waals surface area contributed by atoms with Crippen molar-refractivity contribution in [1.29, 1.82) is 0 Å². The van der Waals surface area contributed by atoms with Crippen molar-refractivity contribution < 1.29 is 14.3 Å². The molecule has 1 saturated heterocycles. The van der Waals surface area contributed by atoms with Gasteiger partial charge >= 0.3 is 0 Å². The van der Waals surface area contributed by atoms with Crippen molar-refractivity contribution >= 4 is 38.5 Å². The standard InChI is InChI=1S/C24H25N3O3S/c1-2-30-18-8-9-19-20(13-18)31-23(25-19)27-15-17(12-21(27)28)22(29)26-24(10-11-24)14-16-6-4-3-5-7-16/h3-9,13,17H,2,10-12,14-15H2,1H3,(H,26,29).